The third-order valence-corrected chi connectivity index (χ3v) is 6.74. The van der Waals surface area contributed by atoms with Gasteiger partial charge in [0.15, 0.2) is 5.69 Å². The molecule has 2 aliphatic heterocycles. The molecule has 1 N–H and O–H groups in total. The molecule has 1 aromatic heterocycles. The number of aromatic nitrogens is 2. The van der Waals surface area contributed by atoms with E-state index < -0.39 is 0 Å². The molecule has 1 amide bonds. The van der Waals surface area contributed by atoms with E-state index in [2.05, 4.69) is 15.3 Å². The summed E-state index contributed by atoms with van der Waals surface area (Å²) in [5, 5.41) is 8.42. The molecule has 1 atom stereocenters. The molecule has 1 unspecified atom stereocenters. The Hall–Kier alpha value is -1.44. The molecule has 0 saturated carbocycles. The van der Waals surface area contributed by atoms with E-state index in [0.29, 0.717) is 11.7 Å². The van der Waals surface area contributed by atoms with Crippen molar-refractivity contribution in [3.63, 3.8) is 0 Å². The van der Waals surface area contributed by atoms with Crippen LogP contribution in [0.4, 0.5) is 0 Å². The van der Waals surface area contributed by atoms with Crippen molar-refractivity contribution in [1.82, 2.24) is 24.9 Å². The van der Waals surface area contributed by atoms with E-state index in [-0.39, 0.29) is 5.91 Å². The maximum atomic E-state index is 13.2. The molecule has 2 saturated heterocycles. The van der Waals surface area contributed by atoms with E-state index in [1.54, 1.807) is 0 Å². The molecule has 29 heavy (non-hydrogen) atoms. The van der Waals surface area contributed by atoms with Crippen molar-refractivity contribution < 1.29 is 9.53 Å². The first-order valence-electron chi connectivity index (χ1n) is 11.6. The van der Waals surface area contributed by atoms with Crippen molar-refractivity contribution in [3.05, 3.63) is 17.0 Å². The van der Waals surface area contributed by atoms with Crippen molar-refractivity contribution in [1.29, 1.82) is 0 Å². The van der Waals surface area contributed by atoms with Crippen molar-refractivity contribution in [3.8, 4) is 0 Å². The van der Waals surface area contributed by atoms with Gasteiger partial charge in [-0.2, -0.15) is 5.10 Å². The lowest BCUT2D eigenvalue weighted by atomic mass is 9.91. The Balaban J connectivity index is 1.32. The molecule has 7 heteroatoms. The van der Waals surface area contributed by atoms with E-state index in [4.69, 9.17) is 4.74 Å². The van der Waals surface area contributed by atoms with Crippen LogP contribution in [0.2, 0.25) is 0 Å². The van der Waals surface area contributed by atoms with E-state index >= 15 is 0 Å². The number of carbonyl (C=O) groups is 1. The van der Waals surface area contributed by atoms with Gasteiger partial charge in [-0.15, -0.1) is 0 Å². The molecule has 2 fully saturated rings. The predicted octanol–water partition coefficient (Wildman–Crippen LogP) is 1.61. The molecule has 0 bridgehead atoms. The highest BCUT2D eigenvalue weighted by atomic mass is 16.5. The van der Waals surface area contributed by atoms with E-state index in [1.807, 2.05) is 16.6 Å². The molecule has 1 aromatic rings. The minimum absolute atomic E-state index is 0.150. The Labute approximate surface area is 174 Å². The fourth-order valence-electron chi connectivity index (χ4n) is 4.99. The summed E-state index contributed by atoms with van der Waals surface area (Å²) < 4.78 is 7.37. The Morgan fingerprint density at radius 2 is 1.90 bits per heavy atom. The van der Waals surface area contributed by atoms with Gasteiger partial charge >= 0.3 is 0 Å². The van der Waals surface area contributed by atoms with Crippen LogP contribution < -0.4 is 5.32 Å². The first-order chi connectivity index (χ1) is 14.2. The summed E-state index contributed by atoms with van der Waals surface area (Å²) in [4.78, 5) is 17.7. The highest BCUT2D eigenvalue weighted by Crippen LogP contribution is 2.26. The fraction of sp³-hybridized carbons (Fsp3) is 0.818. The monoisotopic (exact) mass is 403 g/mol. The molecular formula is C22H37N5O2. The smallest absolute Gasteiger partial charge is 0.274 e. The number of fused-ring (bicyclic) bond motifs is 1. The fourth-order valence-corrected chi connectivity index (χ4v) is 4.99. The number of hydrogen-bond acceptors (Lipinski definition) is 5. The lowest BCUT2D eigenvalue weighted by Crippen LogP contribution is -2.40. The standard InChI is InChI=1S/C22H37N5O2/c1-25-20-8-7-18(23-9-6-10-26-13-15-29-16-14-26)17-19(20)21(24-25)22(28)27-11-4-2-3-5-12-27/h18,23H,2-17H2,1H3. The van der Waals surface area contributed by atoms with Gasteiger partial charge in [-0.3, -0.25) is 14.4 Å². The molecule has 1 aliphatic carbocycles. The molecular weight excluding hydrogens is 366 g/mol. The van der Waals surface area contributed by atoms with Crippen molar-refractivity contribution >= 4 is 5.91 Å². The third kappa shape index (κ3) is 5.19. The van der Waals surface area contributed by atoms with Gasteiger partial charge in [0, 0.05) is 50.5 Å². The zero-order valence-corrected chi connectivity index (χ0v) is 18.0. The van der Waals surface area contributed by atoms with E-state index in [9.17, 15) is 4.79 Å². The quantitative estimate of drug-likeness (QED) is 0.731. The first kappa shape index (κ1) is 20.8. The average molecular weight is 404 g/mol. The number of amides is 1. The summed E-state index contributed by atoms with van der Waals surface area (Å²) in [7, 11) is 1.99. The van der Waals surface area contributed by atoms with Crippen LogP contribution in [0, 0.1) is 0 Å². The van der Waals surface area contributed by atoms with Crippen LogP contribution in [0.3, 0.4) is 0 Å². The predicted molar refractivity (Wildman–Crippen MR) is 113 cm³/mol. The summed E-state index contributed by atoms with van der Waals surface area (Å²) >= 11 is 0. The summed E-state index contributed by atoms with van der Waals surface area (Å²) in [5.74, 6) is 0.150. The minimum Gasteiger partial charge on any atom is -0.379 e. The average Bonchev–Trinajstić information content (AvgIpc) is 2.92. The Morgan fingerprint density at radius 3 is 2.66 bits per heavy atom. The van der Waals surface area contributed by atoms with Crippen molar-refractivity contribution in [2.75, 3.05) is 52.5 Å². The van der Waals surface area contributed by atoms with Crippen molar-refractivity contribution in [2.24, 2.45) is 7.05 Å². The van der Waals surface area contributed by atoms with Crippen LogP contribution in [-0.4, -0.2) is 84.0 Å². The molecule has 162 valence electrons. The first-order valence-corrected chi connectivity index (χ1v) is 11.6. The maximum absolute atomic E-state index is 13.2. The van der Waals surface area contributed by atoms with Gasteiger partial charge in [0.2, 0.25) is 0 Å². The molecule has 3 heterocycles. The number of hydrogen-bond donors (Lipinski definition) is 1. The largest absolute Gasteiger partial charge is 0.379 e. The number of nitrogens with one attached hydrogen (secondary N) is 1. The zero-order chi connectivity index (χ0) is 20.1. The Kier molecular flexibility index (Phi) is 7.21. The van der Waals surface area contributed by atoms with E-state index in [0.717, 1.165) is 91.0 Å². The topological polar surface area (TPSA) is 62.6 Å². The van der Waals surface area contributed by atoms with Crippen LogP contribution in [0.5, 0.6) is 0 Å². The van der Waals surface area contributed by atoms with Gasteiger partial charge in [-0.25, -0.2) is 0 Å². The summed E-state index contributed by atoms with van der Waals surface area (Å²) in [6, 6.07) is 0.451. The van der Waals surface area contributed by atoms with Gasteiger partial charge in [-0.05, 0) is 51.6 Å². The number of morpholine rings is 1. The Morgan fingerprint density at radius 1 is 1.14 bits per heavy atom. The SMILES string of the molecule is Cn1nc(C(=O)N2CCCCCC2)c2c1CCC(NCCCN1CCOCC1)C2. The second-order valence-electron chi connectivity index (χ2n) is 8.81. The lowest BCUT2D eigenvalue weighted by Gasteiger charge is -2.28. The summed E-state index contributed by atoms with van der Waals surface area (Å²) in [5.41, 5.74) is 3.16. The van der Waals surface area contributed by atoms with Crippen LogP contribution >= 0.6 is 0 Å². The number of ether oxygens (including phenoxy) is 1. The zero-order valence-electron chi connectivity index (χ0n) is 18.0. The van der Waals surface area contributed by atoms with Crippen LogP contribution in [0.15, 0.2) is 0 Å². The summed E-state index contributed by atoms with van der Waals surface area (Å²) in [6.45, 7) is 7.80. The normalized spacial score (nSPS) is 23.6. The summed E-state index contributed by atoms with van der Waals surface area (Å²) in [6.07, 6.45) is 8.93. The van der Waals surface area contributed by atoms with Crippen LogP contribution in [0.1, 0.15) is 60.3 Å². The number of likely N-dealkylation sites (tertiary alicyclic amines) is 1. The highest BCUT2D eigenvalue weighted by Gasteiger charge is 2.30. The van der Waals surface area contributed by atoms with Gasteiger partial charge in [-0.1, -0.05) is 12.8 Å². The van der Waals surface area contributed by atoms with Gasteiger partial charge < -0.3 is 15.0 Å². The molecule has 4 rings (SSSR count). The molecule has 3 aliphatic rings. The molecule has 0 aromatic carbocycles. The molecule has 0 radical (unpaired) electrons. The van der Waals surface area contributed by atoms with Crippen LogP contribution in [-0.2, 0) is 24.6 Å². The maximum Gasteiger partial charge on any atom is 0.274 e. The lowest BCUT2D eigenvalue weighted by molar-refractivity contribution is 0.0373. The minimum atomic E-state index is 0.150. The van der Waals surface area contributed by atoms with Crippen molar-refractivity contribution in [2.45, 2.75) is 57.4 Å². The highest BCUT2D eigenvalue weighted by molar-refractivity contribution is 5.94. The molecule has 7 nitrogen and oxygen atoms in total. The van der Waals surface area contributed by atoms with Gasteiger partial charge in [0.1, 0.15) is 0 Å². The third-order valence-electron chi connectivity index (χ3n) is 6.74. The number of aryl methyl sites for hydroxylation is 1. The Bertz CT molecular complexity index is 675. The number of carbonyl (C=O) groups excluding carboxylic acids is 1. The second kappa shape index (κ2) is 10.0. The molecule has 0 spiro atoms. The van der Waals surface area contributed by atoms with Gasteiger partial charge in [0.05, 0.1) is 13.2 Å². The van der Waals surface area contributed by atoms with Gasteiger partial charge in [0.25, 0.3) is 5.91 Å². The van der Waals surface area contributed by atoms with E-state index in [1.165, 1.54) is 24.1 Å². The second-order valence-corrected chi connectivity index (χ2v) is 8.81. The number of rotatable bonds is 6. The van der Waals surface area contributed by atoms with Crippen LogP contribution in [0.25, 0.3) is 0 Å². The number of nitrogens with zero attached hydrogens (tertiary/aromatic N) is 4.